The smallest absolute Gasteiger partial charge is 0.161 e. The number of hydrogen-bond donors (Lipinski definition) is 1. The topological polar surface area (TPSA) is 71.4 Å². The van der Waals surface area contributed by atoms with Gasteiger partial charge in [-0.2, -0.15) is 0 Å². The van der Waals surface area contributed by atoms with Crippen LogP contribution in [-0.2, 0) is 4.74 Å². The van der Waals surface area contributed by atoms with E-state index in [2.05, 4.69) is 19.9 Å². The van der Waals surface area contributed by atoms with Gasteiger partial charge in [0.05, 0.1) is 24.8 Å². The van der Waals surface area contributed by atoms with E-state index in [9.17, 15) is 5.11 Å². The van der Waals surface area contributed by atoms with Gasteiger partial charge >= 0.3 is 0 Å². The summed E-state index contributed by atoms with van der Waals surface area (Å²) in [5, 5.41) is 10.3. The second-order valence-electron chi connectivity index (χ2n) is 6.18. The number of morpholine rings is 1. The summed E-state index contributed by atoms with van der Waals surface area (Å²) in [7, 11) is 0. The summed E-state index contributed by atoms with van der Waals surface area (Å²) < 4.78 is 5.49. The van der Waals surface area contributed by atoms with Crippen molar-refractivity contribution in [2.75, 3.05) is 31.2 Å². The number of rotatable bonds is 3. The van der Waals surface area contributed by atoms with E-state index in [-0.39, 0.29) is 12.7 Å². The van der Waals surface area contributed by atoms with Gasteiger partial charge in [0, 0.05) is 35.9 Å². The number of pyridine rings is 1. The maximum absolute atomic E-state index is 9.27. The average molecular weight is 336 g/mol. The van der Waals surface area contributed by atoms with E-state index in [1.54, 1.807) is 0 Å². The van der Waals surface area contributed by atoms with Crippen molar-refractivity contribution in [1.29, 1.82) is 0 Å². The first-order valence-electron chi connectivity index (χ1n) is 8.42. The molecule has 3 heterocycles. The molecule has 1 aliphatic heterocycles. The summed E-state index contributed by atoms with van der Waals surface area (Å²) in [6.45, 7) is 4.04. The highest BCUT2D eigenvalue weighted by molar-refractivity contribution is 5.82. The first kappa shape index (κ1) is 15.9. The Balaban J connectivity index is 1.62. The molecule has 1 aliphatic rings. The lowest BCUT2D eigenvalue weighted by molar-refractivity contribution is 0.00336. The standard InChI is InChI=1S/C19H20N4O2/c1-13-16-4-2-3-5-17(16)22-19(21-13)14-6-7-18(20-10-14)23-8-9-25-15(11-23)12-24/h2-7,10,15,24H,8-9,11-12H2,1H3/t15-/m1/s1. The van der Waals surface area contributed by atoms with E-state index in [0.29, 0.717) is 19.0 Å². The molecular weight excluding hydrogens is 316 g/mol. The van der Waals surface area contributed by atoms with Crippen molar-refractivity contribution < 1.29 is 9.84 Å². The maximum Gasteiger partial charge on any atom is 0.161 e. The lowest BCUT2D eigenvalue weighted by atomic mass is 10.1. The molecule has 2 aromatic heterocycles. The Hall–Kier alpha value is -2.57. The summed E-state index contributed by atoms with van der Waals surface area (Å²) in [4.78, 5) is 16.0. The second-order valence-corrected chi connectivity index (χ2v) is 6.18. The Morgan fingerprint density at radius 2 is 2.08 bits per heavy atom. The Morgan fingerprint density at radius 3 is 2.88 bits per heavy atom. The van der Waals surface area contributed by atoms with Crippen molar-refractivity contribution in [3.63, 3.8) is 0 Å². The van der Waals surface area contributed by atoms with Gasteiger partial charge in [0.25, 0.3) is 0 Å². The lowest BCUT2D eigenvalue weighted by Crippen LogP contribution is -2.44. The van der Waals surface area contributed by atoms with Crippen LogP contribution in [0.3, 0.4) is 0 Å². The molecule has 0 saturated carbocycles. The highest BCUT2D eigenvalue weighted by atomic mass is 16.5. The van der Waals surface area contributed by atoms with E-state index in [1.807, 2.05) is 49.5 Å². The van der Waals surface area contributed by atoms with Crippen molar-refractivity contribution >= 4 is 16.7 Å². The van der Waals surface area contributed by atoms with Crippen LogP contribution in [0, 0.1) is 6.92 Å². The molecule has 1 atom stereocenters. The molecule has 0 bridgehead atoms. The number of fused-ring (bicyclic) bond motifs is 1. The van der Waals surface area contributed by atoms with Gasteiger partial charge in [0.2, 0.25) is 0 Å². The highest BCUT2D eigenvalue weighted by Crippen LogP contribution is 2.23. The third-order valence-electron chi connectivity index (χ3n) is 4.47. The fourth-order valence-corrected chi connectivity index (χ4v) is 3.11. The average Bonchev–Trinajstić information content (AvgIpc) is 2.68. The molecule has 6 nitrogen and oxygen atoms in total. The van der Waals surface area contributed by atoms with Crippen LogP contribution in [0.4, 0.5) is 5.82 Å². The van der Waals surface area contributed by atoms with Crippen LogP contribution in [0.2, 0.25) is 0 Å². The van der Waals surface area contributed by atoms with Gasteiger partial charge in [0.1, 0.15) is 5.82 Å². The van der Waals surface area contributed by atoms with E-state index in [0.717, 1.165) is 34.5 Å². The van der Waals surface area contributed by atoms with Gasteiger partial charge in [-0.05, 0) is 25.1 Å². The molecule has 1 fully saturated rings. The number of nitrogens with zero attached hydrogens (tertiary/aromatic N) is 4. The van der Waals surface area contributed by atoms with Crippen LogP contribution in [0.5, 0.6) is 0 Å². The molecule has 1 aromatic carbocycles. The predicted octanol–water partition coefficient (Wildman–Crippen LogP) is 2.20. The van der Waals surface area contributed by atoms with Crippen LogP contribution in [0.25, 0.3) is 22.3 Å². The van der Waals surface area contributed by atoms with Crippen LogP contribution >= 0.6 is 0 Å². The molecule has 0 unspecified atom stereocenters. The van der Waals surface area contributed by atoms with E-state index >= 15 is 0 Å². The van der Waals surface area contributed by atoms with E-state index < -0.39 is 0 Å². The van der Waals surface area contributed by atoms with Crippen molar-refractivity contribution in [2.24, 2.45) is 0 Å². The van der Waals surface area contributed by atoms with Gasteiger partial charge in [-0.25, -0.2) is 15.0 Å². The zero-order chi connectivity index (χ0) is 17.2. The highest BCUT2D eigenvalue weighted by Gasteiger charge is 2.20. The fraction of sp³-hybridized carbons (Fsp3) is 0.316. The zero-order valence-electron chi connectivity index (χ0n) is 14.1. The summed E-state index contributed by atoms with van der Waals surface area (Å²) in [5.74, 6) is 1.56. The number of hydrogen-bond acceptors (Lipinski definition) is 6. The molecule has 128 valence electrons. The van der Waals surface area contributed by atoms with Gasteiger partial charge < -0.3 is 14.7 Å². The van der Waals surface area contributed by atoms with Gasteiger partial charge in [0.15, 0.2) is 5.82 Å². The van der Waals surface area contributed by atoms with Crippen molar-refractivity contribution in [3.05, 3.63) is 48.3 Å². The molecule has 0 radical (unpaired) electrons. The van der Waals surface area contributed by atoms with Crippen molar-refractivity contribution in [1.82, 2.24) is 15.0 Å². The summed E-state index contributed by atoms with van der Waals surface area (Å²) in [5.41, 5.74) is 2.79. The molecule has 0 aliphatic carbocycles. The fourth-order valence-electron chi connectivity index (χ4n) is 3.11. The second kappa shape index (κ2) is 6.74. The SMILES string of the molecule is Cc1nc(-c2ccc(N3CCO[C@@H](CO)C3)nc2)nc2ccccc12. The summed E-state index contributed by atoms with van der Waals surface area (Å²) >= 11 is 0. The lowest BCUT2D eigenvalue weighted by Gasteiger charge is -2.32. The Morgan fingerprint density at radius 1 is 1.20 bits per heavy atom. The number of para-hydroxylation sites is 1. The molecule has 1 saturated heterocycles. The van der Waals surface area contributed by atoms with E-state index in [1.165, 1.54) is 0 Å². The molecule has 0 amide bonds. The third-order valence-corrected chi connectivity index (χ3v) is 4.47. The van der Waals surface area contributed by atoms with Gasteiger partial charge in [-0.1, -0.05) is 18.2 Å². The minimum Gasteiger partial charge on any atom is -0.394 e. The molecule has 1 N–H and O–H groups in total. The number of aliphatic hydroxyl groups is 1. The van der Waals surface area contributed by atoms with Crippen LogP contribution in [-0.4, -0.2) is 52.5 Å². The van der Waals surface area contributed by atoms with Crippen molar-refractivity contribution in [2.45, 2.75) is 13.0 Å². The Kier molecular flexibility index (Phi) is 4.29. The third kappa shape index (κ3) is 3.18. The number of anilines is 1. The Bertz CT molecular complexity index is 882. The monoisotopic (exact) mass is 336 g/mol. The molecular formula is C19H20N4O2. The number of aromatic nitrogens is 3. The number of aryl methyl sites for hydroxylation is 1. The van der Waals surface area contributed by atoms with Crippen LogP contribution in [0.1, 0.15) is 5.69 Å². The first-order chi connectivity index (χ1) is 12.2. The minimum atomic E-state index is -0.151. The predicted molar refractivity (Wildman–Crippen MR) is 96.5 cm³/mol. The van der Waals surface area contributed by atoms with Crippen molar-refractivity contribution in [3.8, 4) is 11.4 Å². The molecule has 25 heavy (non-hydrogen) atoms. The quantitative estimate of drug-likeness (QED) is 0.791. The van der Waals surface area contributed by atoms with E-state index in [4.69, 9.17) is 4.74 Å². The number of aliphatic hydroxyl groups excluding tert-OH is 1. The zero-order valence-corrected chi connectivity index (χ0v) is 14.1. The molecule has 0 spiro atoms. The molecule has 3 aromatic rings. The maximum atomic E-state index is 9.27. The minimum absolute atomic E-state index is 0.0266. The summed E-state index contributed by atoms with van der Waals surface area (Å²) in [6, 6.07) is 12.0. The largest absolute Gasteiger partial charge is 0.394 e. The Labute approximate surface area is 146 Å². The molecule has 6 heteroatoms. The summed E-state index contributed by atoms with van der Waals surface area (Å²) in [6.07, 6.45) is 1.66. The normalized spacial score (nSPS) is 17.8. The molecule has 4 rings (SSSR count). The van der Waals surface area contributed by atoms with Gasteiger partial charge in [-0.15, -0.1) is 0 Å². The first-order valence-corrected chi connectivity index (χ1v) is 8.42. The van der Waals surface area contributed by atoms with Crippen LogP contribution < -0.4 is 4.90 Å². The number of ether oxygens (including phenoxy) is 1. The van der Waals surface area contributed by atoms with Gasteiger partial charge in [-0.3, -0.25) is 0 Å². The number of benzene rings is 1. The van der Waals surface area contributed by atoms with Crippen LogP contribution in [0.15, 0.2) is 42.6 Å².